The molecule has 2 bridgehead atoms. The molecule has 2 saturated heterocycles. The van der Waals surface area contributed by atoms with Crippen LogP contribution in [0.4, 0.5) is 0 Å². The molecule has 2 unspecified atom stereocenters. The molecule has 84 valence electrons. The molecule has 1 aromatic heterocycles. The highest BCUT2D eigenvalue weighted by atomic mass is 16.5. The average Bonchev–Trinajstić information content (AvgIpc) is 2.92. The number of carbonyl (C=O) groups is 2. The van der Waals surface area contributed by atoms with E-state index in [-0.39, 0.29) is 18.4 Å². The first kappa shape index (κ1) is 9.53. The van der Waals surface area contributed by atoms with Gasteiger partial charge in [-0.15, -0.1) is 0 Å². The fourth-order valence-electron chi connectivity index (χ4n) is 2.16. The number of morpholine rings is 1. The summed E-state index contributed by atoms with van der Waals surface area (Å²) in [7, 11) is 0. The van der Waals surface area contributed by atoms with E-state index in [0.717, 1.165) is 5.56 Å². The third kappa shape index (κ3) is 1.34. The molecule has 0 saturated carbocycles. The van der Waals surface area contributed by atoms with Crippen molar-refractivity contribution in [2.75, 3.05) is 0 Å². The number of ether oxygens (including phenoxy) is 1. The summed E-state index contributed by atoms with van der Waals surface area (Å²) in [5.41, 5.74) is 0.822. The van der Waals surface area contributed by atoms with Gasteiger partial charge in [0.1, 0.15) is 12.2 Å². The van der Waals surface area contributed by atoms with E-state index in [2.05, 4.69) is 10.2 Å². The summed E-state index contributed by atoms with van der Waals surface area (Å²) < 4.78 is 5.31. The van der Waals surface area contributed by atoms with Crippen LogP contribution in [0.25, 0.3) is 0 Å². The van der Waals surface area contributed by atoms with E-state index in [1.165, 1.54) is 4.90 Å². The van der Waals surface area contributed by atoms with Crippen LogP contribution in [-0.4, -0.2) is 39.1 Å². The Morgan fingerprint density at radius 3 is 2.62 bits per heavy atom. The van der Waals surface area contributed by atoms with Crippen LogP contribution in [0.1, 0.15) is 18.4 Å². The Balaban J connectivity index is 1.83. The Morgan fingerprint density at radius 2 is 2.06 bits per heavy atom. The van der Waals surface area contributed by atoms with E-state index >= 15 is 0 Å². The fourth-order valence-corrected chi connectivity index (χ4v) is 2.16. The van der Waals surface area contributed by atoms with Gasteiger partial charge in [-0.1, -0.05) is 0 Å². The molecule has 3 rings (SSSR count). The monoisotopic (exact) mass is 221 g/mol. The second-order valence-corrected chi connectivity index (χ2v) is 4.06. The van der Waals surface area contributed by atoms with Crippen LogP contribution in [-0.2, 0) is 20.9 Å². The Bertz CT molecular complexity index is 407. The lowest BCUT2D eigenvalue weighted by molar-refractivity contribution is -0.169. The van der Waals surface area contributed by atoms with Crippen LogP contribution < -0.4 is 0 Å². The number of hydrogen-bond donors (Lipinski definition) is 1. The van der Waals surface area contributed by atoms with Crippen LogP contribution in [0.2, 0.25) is 0 Å². The van der Waals surface area contributed by atoms with Crippen molar-refractivity contribution < 1.29 is 14.3 Å². The van der Waals surface area contributed by atoms with E-state index in [0.29, 0.717) is 12.8 Å². The van der Waals surface area contributed by atoms with Crippen molar-refractivity contribution in [2.24, 2.45) is 0 Å². The SMILES string of the molecule is O=C1C2CCC(O2)C(=O)N1Cc1cn[nH]c1. The zero-order valence-electron chi connectivity index (χ0n) is 8.55. The van der Waals surface area contributed by atoms with Gasteiger partial charge < -0.3 is 4.74 Å². The number of aromatic amines is 1. The van der Waals surface area contributed by atoms with Crippen molar-refractivity contribution in [1.82, 2.24) is 15.1 Å². The van der Waals surface area contributed by atoms with Crippen molar-refractivity contribution >= 4 is 11.8 Å². The van der Waals surface area contributed by atoms with E-state index in [4.69, 9.17) is 4.74 Å². The van der Waals surface area contributed by atoms with Crippen LogP contribution in [0, 0.1) is 0 Å². The van der Waals surface area contributed by atoms with Gasteiger partial charge in [-0.3, -0.25) is 19.6 Å². The molecule has 16 heavy (non-hydrogen) atoms. The summed E-state index contributed by atoms with van der Waals surface area (Å²) in [6.07, 6.45) is 3.74. The highest BCUT2D eigenvalue weighted by molar-refractivity contribution is 6.02. The lowest BCUT2D eigenvalue weighted by Gasteiger charge is -2.29. The normalized spacial score (nSPS) is 28.9. The Kier molecular flexibility index (Phi) is 2.03. The number of carbonyl (C=O) groups excluding carboxylic acids is 2. The molecule has 2 amide bonds. The summed E-state index contributed by atoms with van der Waals surface area (Å²) in [4.78, 5) is 25.0. The second kappa shape index (κ2) is 3.41. The van der Waals surface area contributed by atoms with Gasteiger partial charge in [-0.05, 0) is 12.8 Å². The standard InChI is InChI=1S/C10H11N3O3/c14-9-7-1-2-8(16-7)10(15)13(9)5-6-3-11-12-4-6/h3-4,7-8H,1-2,5H2,(H,11,12). The van der Waals surface area contributed by atoms with Crippen molar-refractivity contribution in [2.45, 2.75) is 31.6 Å². The predicted molar refractivity (Wildman–Crippen MR) is 52.0 cm³/mol. The smallest absolute Gasteiger partial charge is 0.258 e. The zero-order chi connectivity index (χ0) is 11.1. The Labute approximate surface area is 91.6 Å². The van der Waals surface area contributed by atoms with Crippen LogP contribution in [0.3, 0.4) is 0 Å². The molecule has 3 heterocycles. The molecule has 2 aliphatic rings. The maximum absolute atomic E-state index is 11.9. The predicted octanol–water partition coefficient (Wildman–Crippen LogP) is -0.174. The molecule has 0 aliphatic carbocycles. The third-order valence-corrected chi connectivity index (χ3v) is 3.00. The van der Waals surface area contributed by atoms with E-state index in [9.17, 15) is 9.59 Å². The summed E-state index contributed by atoms with van der Waals surface area (Å²) >= 11 is 0. The van der Waals surface area contributed by atoms with E-state index in [1.807, 2.05) is 0 Å². The first-order valence-electron chi connectivity index (χ1n) is 5.24. The van der Waals surface area contributed by atoms with Gasteiger partial charge in [-0.25, -0.2) is 0 Å². The van der Waals surface area contributed by atoms with Gasteiger partial charge in [0.2, 0.25) is 0 Å². The highest BCUT2D eigenvalue weighted by Crippen LogP contribution is 2.29. The molecule has 2 fully saturated rings. The summed E-state index contributed by atoms with van der Waals surface area (Å²) in [6.45, 7) is 0.282. The first-order chi connectivity index (χ1) is 7.75. The number of nitrogens with one attached hydrogen (secondary N) is 1. The number of rotatable bonds is 2. The van der Waals surface area contributed by atoms with Gasteiger partial charge >= 0.3 is 0 Å². The number of imide groups is 1. The fraction of sp³-hybridized carbons (Fsp3) is 0.500. The number of likely N-dealkylation sites (tertiary alicyclic amines) is 1. The molecule has 2 aliphatic heterocycles. The van der Waals surface area contributed by atoms with Gasteiger partial charge in [0.15, 0.2) is 0 Å². The van der Waals surface area contributed by atoms with Crippen molar-refractivity contribution in [3.8, 4) is 0 Å². The number of hydrogen-bond acceptors (Lipinski definition) is 4. The van der Waals surface area contributed by atoms with Crippen molar-refractivity contribution in [3.05, 3.63) is 18.0 Å². The van der Waals surface area contributed by atoms with Gasteiger partial charge in [-0.2, -0.15) is 5.10 Å². The number of H-pyrrole nitrogens is 1. The van der Waals surface area contributed by atoms with E-state index < -0.39 is 12.2 Å². The first-order valence-corrected chi connectivity index (χ1v) is 5.24. The molecule has 6 heteroatoms. The minimum Gasteiger partial charge on any atom is -0.355 e. The number of nitrogens with zero attached hydrogens (tertiary/aromatic N) is 2. The largest absolute Gasteiger partial charge is 0.355 e. The van der Waals surface area contributed by atoms with Crippen LogP contribution >= 0.6 is 0 Å². The van der Waals surface area contributed by atoms with Crippen LogP contribution in [0.5, 0.6) is 0 Å². The zero-order valence-corrected chi connectivity index (χ0v) is 8.55. The van der Waals surface area contributed by atoms with Gasteiger partial charge in [0.25, 0.3) is 11.8 Å². The van der Waals surface area contributed by atoms with Crippen LogP contribution in [0.15, 0.2) is 12.4 Å². The molecule has 0 aromatic carbocycles. The minimum absolute atomic E-state index is 0.222. The third-order valence-electron chi connectivity index (χ3n) is 3.00. The summed E-state index contributed by atoms with van der Waals surface area (Å²) in [5, 5.41) is 6.44. The molecule has 0 spiro atoms. The Hall–Kier alpha value is -1.69. The molecular formula is C10H11N3O3. The maximum atomic E-state index is 11.9. The average molecular weight is 221 g/mol. The lowest BCUT2D eigenvalue weighted by Crippen LogP contribution is -2.51. The molecule has 0 radical (unpaired) electrons. The topological polar surface area (TPSA) is 75.3 Å². The summed E-state index contributed by atoms with van der Waals surface area (Å²) in [5.74, 6) is -0.445. The minimum atomic E-state index is -0.422. The van der Waals surface area contributed by atoms with Crippen molar-refractivity contribution in [3.63, 3.8) is 0 Å². The molecular weight excluding hydrogens is 210 g/mol. The molecule has 1 aromatic rings. The quantitative estimate of drug-likeness (QED) is 0.703. The van der Waals surface area contributed by atoms with Crippen molar-refractivity contribution in [1.29, 1.82) is 0 Å². The Morgan fingerprint density at radius 1 is 1.38 bits per heavy atom. The molecule has 6 nitrogen and oxygen atoms in total. The second-order valence-electron chi connectivity index (χ2n) is 4.06. The summed E-state index contributed by atoms with van der Waals surface area (Å²) in [6, 6.07) is 0. The highest BCUT2D eigenvalue weighted by Gasteiger charge is 2.46. The lowest BCUT2D eigenvalue weighted by atomic mass is 10.2. The van der Waals surface area contributed by atoms with Gasteiger partial charge in [0, 0.05) is 11.8 Å². The number of aromatic nitrogens is 2. The molecule has 2 atom stereocenters. The van der Waals surface area contributed by atoms with Gasteiger partial charge in [0.05, 0.1) is 12.7 Å². The number of amides is 2. The van der Waals surface area contributed by atoms with E-state index in [1.54, 1.807) is 12.4 Å². The maximum Gasteiger partial charge on any atom is 0.258 e. The number of fused-ring (bicyclic) bond motifs is 2. The molecule has 1 N–H and O–H groups in total.